The van der Waals surface area contributed by atoms with E-state index < -0.39 is 10.8 Å². The van der Waals surface area contributed by atoms with Gasteiger partial charge in [0.05, 0.1) is 0 Å². The number of hydrogen-bond acceptors (Lipinski definition) is 3. The second-order valence-electron chi connectivity index (χ2n) is 4.68. The van der Waals surface area contributed by atoms with Crippen molar-refractivity contribution in [2.45, 2.75) is 13.0 Å². The largest absolute Gasteiger partial charge is 0.507 e. The second kappa shape index (κ2) is 6.17. The maximum absolute atomic E-state index is 11.0. The molecule has 2 N–H and O–H groups in total. The molecule has 2 aromatic carbocycles. The smallest absolute Gasteiger partial charge is 0.128 e. The minimum absolute atomic E-state index is 0.0353. The molecule has 2 atom stereocenters. The summed E-state index contributed by atoms with van der Waals surface area (Å²) in [6, 6.07) is 11.8. The molecule has 0 saturated heterocycles. The minimum Gasteiger partial charge on any atom is -0.507 e. The van der Waals surface area contributed by atoms with E-state index in [2.05, 4.69) is 5.32 Å². The Balaban J connectivity index is 2.20. The van der Waals surface area contributed by atoms with Gasteiger partial charge in [-0.3, -0.25) is 4.21 Å². The van der Waals surface area contributed by atoms with E-state index in [1.54, 1.807) is 6.26 Å². The Kier molecular flexibility index (Phi) is 4.56. The van der Waals surface area contributed by atoms with Gasteiger partial charge >= 0.3 is 0 Å². The van der Waals surface area contributed by atoms with Crippen LogP contribution >= 0.6 is 0 Å². The lowest BCUT2D eigenvalue weighted by Gasteiger charge is -2.16. The van der Waals surface area contributed by atoms with E-state index in [0.717, 1.165) is 16.3 Å². The molecule has 0 aromatic heterocycles. The molecule has 4 heteroatoms. The van der Waals surface area contributed by atoms with Crippen LogP contribution in [0.5, 0.6) is 5.75 Å². The van der Waals surface area contributed by atoms with Gasteiger partial charge in [0.25, 0.3) is 0 Å². The molecule has 0 amide bonds. The second-order valence-corrected chi connectivity index (χ2v) is 6.23. The highest BCUT2D eigenvalue weighted by atomic mass is 32.2. The molecule has 0 saturated carbocycles. The van der Waals surface area contributed by atoms with Crippen LogP contribution in [0.1, 0.15) is 18.5 Å². The average Bonchev–Trinajstić information content (AvgIpc) is 2.39. The molecular weight excluding hydrogens is 258 g/mol. The molecule has 0 heterocycles. The third kappa shape index (κ3) is 3.33. The van der Waals surface area contributed by atoms with E-state index in [1.165, 1.54) is 0 Å². The summed E-state index contributed by atoms with van der Waals surface area (Å²) in [5.74, 6) is 0.953. The first-order chi connectivity index (χ1) is 9.09. The zero-order chi connectivity index (χ0) is 13.8. The van der Waals surface area contributed by atoms with Gasteiger partial charge in [-0.25, -0.2) is 0 Å². The first-order valence-electron chi connectivity index (χ1n) is 6.33. The van der Waals surface area contributed by atoms with Crippen LogP contribution in [0.2, 0.25) is 0 Å². The molecule has 102 valence electrons. The topological polar surface area (TPSA) is 49.3 Å². The standard InChI is InChI=1S/C15H19NO2S/c1-11(16-9-10-19(2)18)13-8-7-12-5-3-4-6-14(12)15(13)17/h3-8,11,16-17H,9-10H2,1-2H3. The van der Waals surface area contributed by atoms with Crippen LogP contribution in [-0.2, 0) is 10.8 Å². The summed E-state index contributed by atoms with van der Waals surface area (Å²) >= 11 is 0. The van der Waals surface area contributed by atoms with Crippen molar-refractivity contribution >= 4 is 21.6 Å². The first-order valence-corrected chi connectivity index (χ1v) is 8.06. The highest BCUT2D eigenvalue weighted by molar-refractivity contribution is 7.84. The normalized spacial score (nSPS) is 14.4. The summed E-state index contributed by atoms with van der Waals surface area (Å²) in [5.41, 5.74) is 0.876. The summed E-state index contributed by atoms with van der Waals surface area (Å²) < 4.78 is 11.0. The van der Waals surface area contributed by atoms with Gasteiger partial charge in [0.15, 0.2) is 0 Å². The van der Waals surface area contributed by atoms with Crippen LogP contribution in [-0.4, -0.2) is 27.9 Å². The van der Waals surface area contributed by atoms with Gasteiger partial charge in [0, 0.05) is 46.3 Å². The number of benzene rings is 2. The molecule has 0 radical (unpaired) electrons. The molecule has 3 nitrogen and oxygen atoms in total. The van der Waals surface area contributed by atoms with Crippen LogP contribution in [0, 0.1) is 0 Å². The Labute approximate surface area is 116 Å². The van der Waals surface area contributed by atoms with E-state index in [4.69, 9.17) is 0 Å². The van der Waals surface area contributed by atoms with Crippen LogP contribution in [0.4, 0.5) is 0 Å². The Hall–Kier alpha value is -1.39. The lowest BCUT2D eigenvalue weighted by atomic mass is 10.0. The van der Waals surface area contributed by atoms with Crippen molar-refractivity contribution in [2.75, 3.05) is 18.6 Å². The zero-order valence-electron chi connectivity index (χ0n) is 11.2. The molecule has 0 spiro atoms. The molecule has 0 aliphatic carbocycles. The van der Waals surface area contributed by atoms with Crippen LogP contribution in [0.3, 0.4) is 0 Å². The third-order valence-electron chi connectivity index (χ3n) is 3.24. The van der Waals surface area contributed by atoms with Crippen molar-refractivity contribution in [2.24, 2.45) is 0 Å². The van der Waals surface area contributed by atoms with Gasteiger partial charge in [0.2, 0.25) is 0 Å². The summed E-state index contributed by atoms with van der Waals surface area (Å²) in [6.07, 6.45) is 1.69. The van der Waals surface area contributed by atoms with Crippen molar-refractivity contribution in [1.29, 1.82) is 0 Å². The number of aromatic hydroxyl groups is 1. The Morgan fingerprint density at radius 3 is 2.74 bits per heavy atom. The highest BCUT2D eigenvalue weighted by Crippen LogP contribution is 2.32. The Morgan fingerprint density at radius 2 is 2.00 bits per heavy atom. The molecule has 0 bridgehead atoms. The fraction of sp³-hybridized carbons (Fsp3) is 0.333. The zero-order valence-corrected chi connectivity index (χ0v) is 12.0. The molecule has 0 aliphatic heterocycles. The van der Waals surface area contributed by atoms with Crippen molar-refractivity contribution < 1.29 is 9.32 Å². The van der Waals surface area contributed by atoms with Crippen LogP contribution in [0.25, 0.3) is 10.8 Å². The quantitative estimate of drug-likeness (QED) is 0.883. The molecule has 19 heavy (non-hydrogen) atoms. The molecule has 0 aliphatic rings. The van der Waals surface area contributed by atoms with Crippen molar-refractivity contribution in [3.8, 4) is 5.75 Å². The molecule has 0 fully saturated rings. The van der Waals surface area contributed by atoms with Gasteiger partial charge in [-0.15, -0.1) is 0 Å². The Bertz CT molecular complexity index is 598. The van der Waals surface area contributed by atoms with Crippen LogP contribution < -0.4 is 5.32 Å². The Morgan fingerprint density at radius 1 is 1.26 bits per heavy atom. The molecule has 2 rings (SSSR count). The third-order valence-corrected chi connectivity index (χ3v) is 4.02. The first kappa shape index (κ1) is 14.0. The fourth-order valence-electron chi connectivity index (χ4n) is 2.15. The summed E-state index contributed by atoms with van der Waals surface area (Å²) in [4.78, 5) is 0. The number of phenols is 1. The van der Waals surface area contributed by atoms with E-state index in [0.29, 0.717) is 18.0 Å². The number of nitrogens with one attached hydrogen (secondary N) is 1. The molecular formula is C15H19NO2S. The van der Waals surface area contributed by atoms with Gasteiger partial charge in [-0.2, -0.15) is 0 Å². The van der Waals surface area contributed by atoms with Crippen molar-refractivity contribution in [3.63, 3.8) is 0 Å². The van der Waals surface area contributed by atoms with E-state index in [9.17, 15) is 9.32 Å². The molecule has 2 unspecified atom stereocenters. The number of rotatable bonds is 5. The lowest BCUT2D eigenvalue weighted by molar-refractivity contribution is 0.461. The lowest BCUT2D eigenvalue weighted by Crippen LogP contribution is -2.23. The van der Waals surface area contributed by atoms with Gasteiger partial charge < -0.3 is 10.4 Å². The van der Waals surface area contributed by atoms with Crippen molar-refractivity contribution in [3.05, 3.63) is 42.0 Å². The fourth-order valence-corrected chi connectivity index (χ4v) is 2.56. The maximum Gasteiger partial charge on any atom is 0.128 e. The summed E-state index contributed by atoms with van der Waals surface area (Å²) in [6.45, 7) is 2.68. The van der Waals surface area contributed by atoms with Gasteiger partial charge in [-0.05, 0) is 12.3 Å². The maximum atomic E-state index is 11.0. The summed E-state index contributed by atoms with van der Waals surface area (Å²) in [7, 11) is -0.791. The van der Waals surface area contributed by atoms with Gasteiger partial charge in [-0.1, -0.05) is 36.4 Å². The average molecular weight is 277 g/mol. The van der Waals surface area contributed by atoms with Gasteiger partial charge in [0.1, 0.15) is 5.75 Å². The predicted molar refractivity (Wildman–Crippen MR) is 81.0 cm³/mol. The van der Waals surface area contributed by atoms with E-state index in [1.807, 2.05) is 43.3 Å². The van der Waals surface area contributed by atoms with Crippen LogP contribution in [0.15, 0.2) is 36.4 Å². The van der Waals surface area contributed by atoms with E-state index >= 15 is 0 Å². The predicted octanol–water partition coefficient (Wildman–Crippen LogP) is 2.57. The number of phenolic OH excluding ortho intramolecular Hbond substituents is 1. The SMILES string of the molecule is CC(NCCS(C)=O)c1ccc2ccccc2c1O. The minimum atomic E-state index is -0.791. The summed E-state index contributed by atoms with van der Waals surface area (Å²) in [5, 5.41) is 15.5. The van der Waals surface area contributed by atoms with Crippen molar-refractivity contribution in [1.82, 2.24) is 5.32 Å². The number of hydrogen-bond donors (Lipinski definition) is 2. The molecule has 2 aromatic rings. The monoisotopic (exact) mass is 277 g/mol. The number of fused-ring (bicyclic) bond motifs is 1. The van der Waals surface area contributed by atoms with E-state index in [-0.39, 0.29) is 6.04 Å². The highest BCUT2D eigenvalue weighted by Gasteiger charge is 2.12.